The molecule has 0 spiro atoms. The van der Waals surface area contributed by atoms with Crippen molar-refractivity contribution in [2.24, 2.45) is 0 Å². The molecule has 0 aliphatic carbocycles. The molecule has 0 aromatic carbocycles. The fourth-order valence-electron chi connectivity index (χ4n) is 9.79. The number of esters is 3. The van der Waals surface area contributed by atoms with Gasteiger partial charge in [-0.1, -0.05) is 306 Å². The Kier molecular flexibility index (Phi) is 62.2. The second-order valence-corrected chi connectivity index (χ2v) is 22.4. The Balaban J connectivity index is 4.23. The largest absolute Gasteiger partial charge is 0.462 e. The van der Waals surface area contributed by atoms with Crippen molar-refractivity contribution < 1.29 is 28.6 Å². The molecule has 0 bridgehead atoms. The van der Waals surface area contributed by atoms with Gasteiger partial charge in [0.2, 0.25) is 0 Å². The van der Waals surface area contributed by atoms with E-state index in [-0.39, 0.29) is 31.1 Å². The molecule has 76 heavy (non-hydrogen) atoms. The van der Waals surface area contributed by atoms with Crippen LogP contribution in [0.4, 0.5) is 0 Å². The van der Waals surface area contributed by atoms with Crippen molar-refractivity contribution in [3.63, 3.8) is 0 Å². The summed E-state index contributed by atoms with van der Waals surface area (Å²) in [6, 6.07) is 0. The first-order valence-corrected chi connectivity index (χ1v) is 33.3. The number of ether oxygens (including phenoxy) is 3. The van der Waals surface area contributed by atoms with Crippen LogP contribution in [0.15, 0.2) is 60.8 Å². The van der Waals surface area contributed by atoms with Crippen molar-refractivity contribution in [2.75, 3.05) is 13.2 Å². The molecule has 0 aliphatic rings. The summed E-state index contributed by atoms with van der Waals surface area (Å²) in [6.07, 6.45) is 82.3. The van der Waals surface area contributed by atoms with Crippen molar-refractivity contribution in [2.45, 2.75) is 354 Å². The van der Waals surface area contributed by atoms with Crippen molar-refractivity contribution >= 4 is 17.9 Å². The van der Waals surface area contributed by atoms with Crippen LogP contribution in [0.1, 0.15) is 348 Å². The third kappa shape index (κ3) is 62.0. The highest BCUT2D eigenvalue weighted by molar-refractivity contribution is 5.71. The van der Waals surface area contributed by atoms with Crippen molar-refractivity contribution in [1.82, 2.24) is 0 Å². The maximum absolute atomic E-state index is 12.9. The van der Waals surface area contributed by atoms with Gasteiger partial charge in [0, 0.05) is 19.3 Å². The zero-order chi connectivity index (χ0) is 55.0. The quantitative estimate of drug-likeness (QED) is 0.0261. The SMILES string of the molecule is CC/C=C\C/C=C\C/C=C\C/C=C\CCCCCCCCCCCCCCCCC(=O)OCC(COC(=O)CCCCCCCCCCCCCC)OC(=O)CCCCCCCCCCC/C=C\CCCCCCCC. The number of hydrogen-bond donors (Lipinski definition) is 0. The van der Waals surface area contributed by atoms with Crippen LogP contribution in [0.25, 0.3) is 0 Å². The Bertz CT molecular complexity index is 1360. The summed E-state index contributed by atoms with van der Waals surface area (Å²) in [5.74, 6) is -0.852. The Morgan fingerprint density at radius 1 is 0.276 bits per heavy atom. The molecule has 0 amide bonds. The smallest absolute Gasteiger partial charge is 0.306 e. The summed E-state index contributed by atoms with van der Waals surface area (Å²) in [7, 11) is 0. The van der Waals surface area contributed by atoms with Gasteiger partial charge in [0.15, 0.2) is 6.10 Å². The number of carbonyl (C=O) groups is 3. The maximum Gasteiger partial charge on any atom is 0.306 e. The molecule has 6 heteroatoms. The van der Waals surface area contributed by atoms with E-state index >= 15 is 0 Å². The Labute approximate surface area is 472 Å². The second kappa shape index (κ2) is 64.6. The number of unbranched alkanes of at least 4 members (excludes halogenated alkanes) is 40. The lowest BCUT2D eigenvalue weighted by atomic mass is 10.0. The highest BCUT2D eigenvalue weighted by Gasteiger charge is 2.19. The summed E-state index contributed by atoms with van der Waals surface area (Å²) in [5, 5.41) is 0. The summed E-state index contributed by atoms with van der Waals surface area (Å²) < 4.78 is 17.0. The van der Waals surface area contributed by atoms with Crippen LogP contribution in [-0.2, 0) is 28.6 Å². The molecule has 1 unspecified atom stereocenters. The molecule has 0 aromatic heterocycles. The third-order valence-electron chi connectivity index (χ3n) is 14.8. The first-order valence-electron chi connectivity index (χ1n) is 33.3. The van der Waals surface area contributed by atoms with Crippen molar-refractivity contribution in [3.8, 4) is 0 Å². The van der Waals surface area contributed by atoms with Gasteiger partial charge >= 0.3 is 17.9 Å². The minimum absolute atomic E-state index is 0.0701. The Hall–Kier alpha value is -2.89. The van der Waals surface area contributed by atoms with Gasteiger partial charge in [0.25, 0.3) is 0 Å². The number of carbonyl (C=O) groups excluding carboxylic acids is 3. The van der Waals surface area contributed by atoms with Crippen LogP contribution in [0.3, 0.4) is 0 Å². The molecule has 0 saturated heterocycles. The highest BCUT2D eigenvalue weighted by Crippen LogP contribution is 2.17. The molecule has 1 atom stereocenters. The van der Waals surface area contributed by atoms with E-state index in [1.807, 2.05) is 0 Å². The Morgan fingerprint density at radius 2 is 0.513 bits per heavy atom. The van der Waals surface area contributed by atoms with E-state index in [1.165, 1.54) is 225 Å². The van der Waals surface area contributed by atoms with Crippen LogP contribution in [-0.4, -0.2) is 37.2 Å². The number of hydrogen-bond acceptors (Lipinski definition) is 6. The van der Waals surface area contributed by atoms with E-state index < -0.39 is 6.10 Å². The van der Waals surface area contributed by atoms with Gasteiger partial charge in [-0.3, -0.25) is 14.4 Å². The molecule has 0 saturated carbocycles. The van der Waals surface area contributed by atoms with Gasteiger partial charge in [-0.05, 0) is 83.5 Å². The lowest BCUT2D eigenvalue weighted by Crippen LogP contribution is -2.30. The van der Waals surface area contributed by atoms with Crippen molar-refractivity contribution in [3.05, 3.63) is 60.8 Å². The lowest BCUT2D eigenvalue weighted by Gasteiger charge is -2.18. The zero-order valence-electron chi connectivity index (χ0n) is 50.8. The molecule has 0 aromatic rings. The molecule has 0 radical (unpaired) electrons. The van der Waals surface area contributed by atoms with Crippen molar-refractivity contribution in [1.29, 1.82) is 0 Å². The van der Waals surface area contributed by atoms with E-state index in [1.54, 1.807) is 0 Å². The highest BCUT2D eigenvalue weighted by atomic mass is 16.6. The van der Waals surface area contributed by atoms with Crippen LogP contribution >= 0.6 is 0 Å². The molecule has 0 N–H and O–H groups in total. The monoisotopic (exact) mass is 1060 g/mol. The molecule has 0 heterocycles. The maximum atomic E-state index is 12.9. The predicted octanol–water partition coefficient (Wildman–Crippen LogP) is 22.7. The fraction of sp³-hybridized carbons (Fsp3) is 0.814. The van der Waals surface area contributed by atoms with Gasteiger partial charge < -0.3 is 14.2 Å². The predicted molar refractivity (Wildman–Crippen MR) is 330 cm³/mol. The number of rotatable bonds is 61. The first kappa shape index (κ1) is 73.1. The minimum atomic E-state index is -0.773. The van der Waals surface area contributed by atoms with Crippen LogP contribution in [0.5, 0.6) is 0 Å². The molecular weight excluding hydrogens is 937 g/mol. The minimum Gasteiger partial charge on any atom is -0.462 e. The van der Waals surface area contributed by atoms with Gasteiger partial charge in [-0.15, -0.1) is 0 Å². The van der Waals surface area contributed by atoms with Gasteiger partial charge in [0.1, 0.15) is 13.2 Å². The van der Waals surface area contributed by atoms with Crippen LogP contribution in [0, 0.1) is 0 Å². The molecular formula is C70H126O6. The molecule has 0 rings (SSSR count). The van der Waals surface area contributed by atoms with Gasteiger partial charge in [-0.2, -0.15) is 0 Å². The average Bonchev–Trinajstić information content (AvgIpc) is 3.42. The summed E-state index contributed by atoms with van der Waals surface area (Å²) >= 11 is 0. The van der Waals surface area contributed by atoms with E-state index in [0.29, 0.717) is 19.3 Å². The van der Waals surface area contributed by atoms with E-state index in [4.69, 9.17) is 14.2 Å². The summed E-state index contributed by atoms with van der Waals surface area (Å²) in [4.78, 5) is 38.3. The van der Waals surface area contributed by atoms with E-state index in [0.717, 1.165) is 83.5 Å². The zero-order valence-corrected chi connectivity index (χ0v) is 50.8. The number of allylic oxidation sites excluding steroid dienone is 10. The fourth-order valence-corrected chi connectivity index (χ4v) is 9.79. The molecule has 442 valence electrons. The van der Waals surface area contributed by atoms with Gasteiger partial charge in [-0.25, -0.2) is 0 Å². The topological polar surface area (TPSA) is 78.9 Å². The average molecular weight is 1060 g/mol. The van der Waals surface area contributed by atoms with E-state index in [2.05, 4.69) is 81.5 Å². The van der Waals surface area contributed by atoms with Gasteiger partial charge in [0.05, 0.1) is 0 Å². The molecule has 0 aliphatic heterocycles. The Morgan fingerprint density at radius 3 is 0.816 bits per heavy atom. The van der Waals surface area contributed by atoms with E-state index in [9.17, 15) is 14.4 Å². The third-order valence-corrected chi connectivity index (χ3v) is 14.8. The summed E-state index contributed by atoms with van der Waals surface area (Å²) in [6.45, 7) is 6.57. The second-order valence-electron chi connectivity index (χ2n) is 22.4. The normalized spacial score (nSPS) is 12.4. The van der Waals surface area contributed by atoms with Crippen LogP contribution in [0.2, 0.25) is 0 Å². The van der Waals surface area contributed by atoms with Crippen LogP contribution < -0.4 is 0 Å². The molecule has 0 fully saturated rings. The summed E-state index contributed by atoms with van der Waals surface area (Å²) in [5.41, 5.74) is 0. The first-order chi connectivity index (χ1) is 37.5. The standard InChI is InChI=1S/C70H126O6/c1-4-7-10-13-16-19-22-25-27-29-31-32-33-34-35-36-37-38-40-41-43-45-48-51-54-57-60-63-69(72)75-66-67(65-74-68(71)62-59-56-53-50-47-24-21-18-15-12-9-6-3)76-70(73)64-61-58-55-52-49-46-44-42-39-30-28-26-23-20-17-14-11-8-5-2/h7,10,16,19,25-28,31-32,67H,4-6,8-9,11-15,17-18,20-24,29-30,33-66H2,1-3H3/b10-7-,19-16-,27-25-,28-26-,32-31-. The molecule has 6 nitrogen and oxygen atoms in total. The lowest BCUT2D eigenvalue weighted by molar-refractivity contribution is -0.167.